The minimum Gasteiger partial charge on any atom is -0.492 e. The summed E-state index contributed by atoms with van der Waals surface area (Å²) in [5, 5.41) is 1.30. The van der Waals surface area contributed by atoms with Gasteiger partial charge in [-0.25, -0.2) is 14.4 Å². The lowest BCUT2D eigenvalue weighted by molar-refractivity contribution is 0.223. The van der Waals surface area contributed by atoms with Gasteiger partial charge >= 0.3 is 0 Å². The van der Waals surface area contributed by atoms with Crippen molar-refractivity contribution in [3.8, 4) is 5.75 Å². The second kappa shape index (κ2) is 13.3. The molecule has 4 aromatic rings. The fourth-order valence-electron chi connectivity index (χ4n) is 4.62. The van der Waals surface area contributed by atoms with Crippen molar-refractivity contribution in [2.75, 3.05) is 26.2 Å². The minimum atomic E-state index is -0.435. The Bertz CT molecular complexity index is 1480. The van der Waals surface area contributed by atoms with Crippen LogP contribution in [0.2, 0.25) is 0 Å². The van der Waals surface area contributed by atoms with Crippen LogP contribution in [0.25, 0.3) is 10.9 Å². The second-order valence-corrected chi connectivity index (χ2v) is 9.82. The number of amidine groups is 2. The molecule has 0 saturated carbocycles. The number of aryl methyl sites for hydroxylation is 1. The average molecular weight is 547 g/mol. The number of aliphatic imine (C=N–C) groups is 2. The van der Waals surface area contributed by atoms with E-state index in [-0.39, 0.29) is 11.9 Å². The molecule has 0 spiro atoms. The monoisotopic (exact) mass is 546 g/mol. The SMILES string of the molecule is CC(C)n1cnc2c1CN=C(c1cncc(F)c1)N=C2N.CCc1c[nH]c2cc(OCCN(CC)CC)ccc12. The largest absolute Gasteiger partial charge is 0.492 e. The van der Waals surface area contributed by atoms with E-state index in [1.807, 2.05) is 4.57 Å². The number of nitrogens with two attached hydrogens (primary N) is 1. The van der Waals surface area contributed by atoms with Crippen molar-refractivity contribution in [1.29, 1.82) is 0 Å². The first-order valence-electron chi connectivity index (χ1n) is 13.8. The second-order valence-electron chi connectivity index (χ2n) is 9.82. The highest BCUT2D eigenvalue weighted by Crippen LogP contribution is 2.24. The predicted molar refractivity (Wildman–Crippen MR) is 159 cm³/mol. The van der Waals surface area contributed by atoms with Gasteiger partial charge in [0.2, 0.25) is 0 Å². The molecule has 0 unspecified atom stereocenters. The molecular weight excluding hydrogens is 507 g/mol. The number of nitrogens with one attached hydrogen (secondary N) is 1. The van der Waals surface area contributed by atoms with E-state index in [2.05, 4.69) is 88.9 Å². The van der Waals surface area contributed by atoms with E-state index in [4.69, 9.17) is 10.5 Å². The topological polar surface area (TPSA) is 110 Å². The van der Waals surface area contributed by atoms with Crippen molar-refractivity contribution in [2.45, 2.75) is 53.6 Å². The van der Waals surface area contributed by atoms with Crippen molar-refractivity contribution in [3.63, 3.8) is 0 Å². The summed E-state index contributed by atoms with van der Waals surface area (Å²) in [5.41, 5.74) is 10.6. The summed E-state index contributed by atoms with van der Waals surface area (Å²) >= 11 is 0. The number of halogens is 1. The van der Waals surface area contributed by atoms with Gasteiger partial charge in [0.25, 0.3) is 0 Å². The third-order valence-corrected chi connectivity index (χ3v) is 6.95. The van der Waals surface area contributed by atoms with Gasteiger partial charge in [-0.05, 0) is 57.1 Å². The minimum absolute atomic E-state index is 0.252. The lowest BCUT2D eigenvalue weighted by Gasteiger charge is -2.18. The van der Waals surface area contributed by atoms with Crippen LogP contribution in [0.3, 0.4) is 0 Å². The molecule has 1 aliphatic rings. The molecule has 212 valence electrons. The number of fused-ring (bicyclic) bond motifs is 2. The Morgan fingerprint density at radius 3 is 2.65 bits per heavy atom. The van der Waals surface area contributed by atoms with Crippen molar-refractivity contribution in [2.24, 2.45) is 15.7 Å². The number of ether oxygens (including phenoxy) is 1. The van der Waals surface area contributed by atoms with E-state index in [0.29, 0.717) is 23.6 Å². The zero-order chi connectivity index (χ0) is 28.6. The fourth-order valence-corrected chi connectivity index (χ4v) is 4.62. The Morgan fingerprint density at radius 1 is 1.15 bits per heavy atom. The van der Waals surface area contributed by atoms with Gasteiger partial charge in [-0.1, -0.05) is 20.8 Å². The number of benzene rings is 1. The first-order chi connectivity index (χ1) is 19.3. The van der Waals surface area contributed by atoms with Crippen molar-refractivity contribution >= 4 is 22.6 Å². The number of pyridine rings is 1. The normalized spacial score (nSPS) is 13.0. The number of rotatable bonds is 9. The van der Waals surface area contributed by atoms with E-state index >= 15 is 0 Å². The van der Waals surface area contributed by atoms with E-state index in [1.165, 1.54) is 23.2 Å². The summed E-state index contributed by atoms with van der Waals surface area (Å²) in [6.07, 6.45) is 7.53. The molecule has 1 aromatic carbocycles. The van der Waals surface area contributed by atoms with E-state index < -0.39 is 5.82 Å². The fraction of sp³-hybridized carbons (Fsp3) is 0.400. The van der Waals surface area contributed by atoms with Gasteiger partial charge in [-0.15, -0.1) is 0 Å². The molecule has 3 N–H and O–H groups in total. The van der Waals surface area contributed by atoms with Crippen LogP contribution in [0.5, 0.6) is 5.75 Å². The first kappa shape index (κ1) is 28.9. The highest BCUT2D eigenvalue weighted by atomic mass is 19.1. The number of likely N-dealkylation sites (N-methyl/N-ethyl adjacent to an activating group) is 1. The lowest BCUT2D eigenvalue weighted by Crippen LogP contribution is -2.27. The lowest BCUT2D eigenvalue weighted by atomic mass is 10.1. The molecule has 4 heterocycles. The molecule has 0 aliphatic carbocycles. The molecule has 40 heavy (non-hydrogen) atoms. The summed E-state index contributed by atoms with van der Waals surface area (Å²) in [6.45, 7) is 14.9. The number of aromatic nitrogens is 4. The van der Waals surface area contributed by atoms with Crippen LogP contribution in [0.15, 0.2) is 59.2 Å². The number of hydrogen-bond donors (Lipinski definition) is 2. The van der Waals surface area contributed by atoms with Gasteiger partial charge in [0.15, 0.2) is 11.7 Å². The Kier molecular flexibility index (Phi) is 9.65. The van der Waals surface area contributed by atoms with Gasteiger partial charge in [0.1, 0.15) is 23.9 Å². The third-order valence-electron chi connectivity index (χ3n) is 6.95. The van der Waals surface area contributed by atoms with Gasteiger partial charge in [0.05, 0.1) is 24.8 Å². The summed E-state index contributed by atoms with van der Waals surface area (Å²) in [4.78, 5) is 22.5. The molecule has 0 bridgehead atoms. The van der Waals surface area contributed by atoms with Crippen LogP contribution in [-0.4, -0.2) is 62.3 Å². The maximum absolute atomic E-state index is 13.3. The molecule has 3 aromatic heterocycles. The summed E-state index contributed by atoms with van der Waals surface area (Å²) in [5.74, 6) is 1.16. The zero-order valence-electron chi connectivity index (χ0n) is 24.0. The molecule has 1 aliphatic heterocycles. The summed E-state index contributed by atoms with van der Waals surface area (Å²) in [7, 11) is 0. The van der Waals surface area contributed by atoms with Crippen LogP contribution < -0.4 is 10.5 Å². The number of imidazole rings is 1. The molecule has 0 radical (unpaired) electrons. The van der Waals surface area contributed by atoms with Crippen LogP contribution in [-0.2, 0) is 13.0 Å². The summed E-state index contributed by atoms with van der Waals surface area (Å²) in [6, 6.07) is 7.90. The van der Waals surface area contributed by atoms with Crippen LogP contribution in [0.1, 0.15) is 63.2 Å². The molecular formula is C30H39FN8O. The Morgan fingerprint density at radius 2 is 1.95 bits per heavy atom. The Balaban J connectivity index is 0.000000186. The van der Waals surface area contributed by atoms with Crippen LogP contribution >= 0.6 is 0 Å². The molecule has 0 amide bonds. The predicted octanol–water partition coefficient (Wildman–Crippen LogP) is 5.11. The van der Waals surface area contributed by atoms with Crippen molar-refractivity contribution in [1.82, 2.24) is 24.4 Å². The molecule has 0 fully saturated rings. The van der Waals surface area contributed by atoms with Gasteiger partial charge < -0.3 is 24.9 Å². The number of nitrogens with zero attached hydrogens (tertiary/aromatic N) is 6. The van der Waals surface area contributed by atoms with Crippen molar-refractivity contribution < 1.29 is 9.13 Å². The van der Waals surface area contributed by atoms with E-state index in [1.54, 1.807) is 6.33 Å². The van der Waals surface area contributed by atoms with Crippen LogP contribution in [0.4, 0.5) is 4.39 Å². The zero-order valence-corrected chi connectivity index (χ0v) is 24.0. The number of aromatic amines is 1. The molecule has 0 saturated heterocycles. The molecule has 0 atom stereocenters. The maximum Gasteiger partial charge on any atom is 0.159 e. The molecule has 9 nitrogen and oxygen atoms in total. The molecule has 5 rings (SSSR count). The summed E-state index contributed by atoms with van der Waals surface area (Å²) < 4.78 is 21.1. The highest BCUT2D eigenvalue weighted by Gasteiger charge is 2.20. The first-order valence-corrected chi connectivity index (χ1v) is 13.8. The van der Waals surface area contributed by atoms with Crippen molar-refractivity contribution in [3.05, 3.63) is 77.5 Å². The number of hydrogen-bond acceptors (Lipinski definition) is 7. The quantitative estimate of drug-likeness (QED) is 0.303. The Hall–Kier alpha value is -4.05. The highest BCUT2D eigenvalue weighted by molar-refractivity contribution is 6.11. The van der Waals surface area contributed by atoms with Crippen LogP contribution in [0, 0.1) is 5.82 Å². The average Bonchev–Trinajstić information content (AvgIpc) is 3.53. The third kappa shape index (κ3) is 6.74. The Labute approximate surface area is 235 Å². The van der Waals surface area contributed by atoms with Gasteiger partial charge in [0, 0.05) is 47.5 Å². The molecule has 10 heteroatoms. The van der Waals surface area contributed by atoms with Gasteiger partial charge in [-0.2, -0.15) is 0 Å². The number of H-pyrrole nitrogens is 1. The van der Waals surface area contributed by atoms with E-state index in [0.717, 1.165) is 55.8 Å². The maximum atomic E-state index is 13.3. The standard InChI is InChI=1S/C16H24N2O.C14H15FN6/c1-4-13-12-17-16-11-14(7-8-15(13)16)19-10-9-18(5-2)6-3;1-8(2)21-7-19-12-11(21)6-18-14(20-13(12)16)9-3-10(15)5-17-4-9/h7-8,11-12,17H,4-6,9-10H2,1-3H3;3-5,7-8H,6H2,1-2H3,(H2,16,18,20). The smallest absolute Gasteiger partial charge is 0.159 e. The van der Waals surface area contributed by atoms with E-state index in [9.17, 15) is 4.39 Å². The van der Waals surface area contributed by atoms with Gasteiger partial charge in [-0.3, -0.25) is 9.98 Å².